The van der Waals surface area contributed by atoms with E-state index in [1.54, 1.807) is 12.4 Å². The molecule has 0 aliphatic carbocycles. The molecule has 10 heteroatoms. The molecule has 2 N–H and O–H groups in total. The molecule has 4 rings (SSSR count). The monoisotopic (exact) mass is 460 g/mol. The molecular formula is C23H23F3N4O3. The minimum Gasteiger partial charge on any atom is -0.406 e. The molecule has 174 valence electrons. The summed E-state index contributed by atoms with van der Waals surface area (Å²) in [6.07, 6.45) is -1.28. The number of morpholine rings is 1. The van der Waals surface area contributed by atoms with E-state index in [4.69, 9.17) is 9.73 Å². The van der Waals surface area contributed by atoms with Gasteiger partial charge in [0.1, 0.15) is 11.6 Å². The highest BCUT2D eigenvalue weighted by Crippen LogP contribution is 2.35. The molecule has 33 heavy (non-hydrogen) atoms. The topological polar surface area (TPSA) is 75.2 Å². The van der Waals surface area contributed by atoms with Crippen LogP contribution in [0.4, 0.5) is 18.9 Å². The third-order valence-electron chi connectivity index (χ3n) is 5.38. The molecule has 2 aromatic carbocycles. The van der Waals surface area contributed by atoms with Crippen molar-refractivity contribution in [1.29, 1.82) is 0 Å². The number of aliphatic imine (C=N–C) groups is 1. The Morgan fingerprint density at radius 2 is 1.91 bits per heavy atom. The number of anilines is 1. The average Bonchev–Trinajstić information content (AvgIpc) is 2.80. The van der Waals surface area contributed by atoms with Gasteiger partial charge in [0, 0.05) is 30.4 Å². The lowest BCUT2D eigenvalue weighted by atomic mass is 9.93. The summed E-state index contributed by atoms with van der Waals surface area (Å²) < 4.78 is 46.7. The first kappa shape index (κ1) is 22.8. The molecule has 2 aromatic rings. The van der Waals surface area contributed by atoms with E-state index >= 15 is 0 Å². The Kier molecular flexibility index (Phi) is 6.39. The number of alkyl halides is 3. The van der Waals surface area contributed by atoms with Crippen molar-refractivity contribution in [2.75, 3.05) is 31.6 Å². The van der Waals surface area contributed by atoms with Gasteiger partial charge in [-0.25, -0.2) is 4.99 Å². The lowest BCUT2D eigenvalue weighted by Crippen LogP contribution is -2.51. The number of nitrogens with zero attached hydrogens (tertiary/aromatic N) is 2. The van der Waals surface area contributed by atoms with Gasteiger partial charge in [0.25, 0.3) is 0 Å². The Morgan fingerprint density at radius 3 is 2.58 bits per heavy atom. The summed E-state index contributed by atoms with van der Waals surface area (Å²) >= 11 is 0. The molecule has 0 amide bonds. The summed E-state index contributed by atoms with van der Waals surface area (Å²) in [6.45, 7) is 3.88. The molecule has 0 spiro atoms. The van der Waals surface area contributed by atoms with Crippen LogP contribution in [-0.4, -0.2) is 49.7 Å². The summed E-state index contributed by atoms with van der Waals surface area (Å²) in [7, 11) is 0. The number of benzene rings is 2. The molecule has 1 saturated heterocycles. The minimum absolute atomic E-state index is 0.0459. The van der Waals surface area contributed by atoms with Gasteiger partial charge in [-0.1, -0.05) is 18.2 Å². The minimum atomic E-state index is -4.75. The van der Waals surface area contributed by atoms with Crippen molar-refractivity contribution in [3.63, 3.8) is 0 Å². The van der Waals surface area contributed by atoms with Gasteiger partial charge in [0.05, 0.1) is 19.6 Å². The molecular weight excluding hydrogens is 437 g/mol. The first-order valence-electron chi connectivity index (χ1n) is 10.4. The molecule has 0 bridgehead atoms. The predicted octanol–water partition coefficient (Wildman–Crippen LogP) is 3.86. The van der Waals surface area contributed by atoms with Crippen LogP contribution in [0.25, 0.3) is 0 Å². The maximum absolute atomic E-state index is 12.4. The van der Waals surface area contributed by atoms with Crippen molar-refractivity contribution in [3.8, 4) is 5.75 Å². The first-order chi connectivity index (χ1) is 15.7. The lowest BCUT2D eigenvalue weighted by Gasteiger charge is -2.43. The second-order valence-electron chi connectivity index (χ2n) is 7.62. The van der Waals surface area contributed by atoms with Crippen LogP contribution >= 0.6 is 0 Å². The number of hydrogen-bond donors (Lipinski definition) is 2. The zero-order chi connectivity index (χ0) is 23.5. The van der Waals surface area contributed by atoms with Crippen molar-refractivity contribution in [2.45, 2.75) is 18.9 Å². The Labute approximate surface area is 188 Å². The normalized spacial score (nSPS) is 21.2. The van der Waals surface area contributed by atoms with Gasteiger partial charge in [-0.3, -0.25) is 9.69 Å². The van der Waals surface area contributed by atoms with Crippen LogP contribution in [-0.2, 0) is 10.4 Å². The second kappa shape index (κ2) is 9.24. The number of halogens is 3. The quantitative estimate of drug-likeness (QED) is 0.638. The highest BCUT2D eigenvalue weighted by atomic mass is 19.4. The fourth-order valence-electron chi connectivity index (χ4n) is 3.83. The van der Waals surface area contributed by atoms with Gasteiger partial charge < -0.3 is 20.1 Å². The van der Waals surface area contributed by atoms with Gasteiger partial charge in [0.2, 0.25) is 0 Å². The van der Waals surface area contributed by atoms with Gasteiger partial charge >= 0.3 is 6.36 Å². The molecule has 0 radical (unpaired) electrons. The summed E-state index contributed by atoms with van der Waals surface area (Å²) in [6, 6.07) is 12.8. The van der Waals surface area contributed by atoms with Crippen molar-refractivity contribution in [3.05, 3.63) is 71.6 Å². The van der Waals surface area contributed by atoms with Crippen molar-refractivity contribution in [2.24, 2.45) is 4.99 Å². The number of ketones is 1. The van der Waals surface area contributed by atoms with Crippen LogP contribution in [0.5, 0.6) is 5.75 Å². The SMILES string of the molecule is CC(=O)c1cccc(C2(N3CCOCC3)C=C(Nc3ccc(OC(F)(F)F)cc3)NC=N2)c1. The Balaban J connectivity index is 1.65. The predicted molar refractivity (Wildman–Crippen MR) is 117 cm³/mol. The van der Waals surface area contributed by atoms with Gasteiger partial charge in [-0.2, -0.15) is 0 Å². The van der Waals surface area contributed by atoms with Crippen LogP contribution in [0.1, 0.15) is 22.8 Å². The van der Waals surface area contributed by atoms with E-state index in [2.05, 4.69) is 20.3 Å². The van der Waals surface area contributed by atoms with Gasteiger partial charge in [-0.05, 0) is 42.8 Å². The standard InChI is InChI=1S/C23H23F3N4O3/c1-16(31)17-3-2-4-18(13-17)22(30-9-11-32-12-10-30)14-21(27-15-28-22)29-19-5-7-20(8-6-19)33-23(24,25)26/h2-8,13-15,29H,9-12H2,1H3,(H,27,28). The highest BCUT2D eigenvalue weighted by Gasteiger charge is 2.39. The number of nitrogens with one attached hydrogen (secondary N) is 2. The zero-order valence-electron chi connectivity index (χ0n) is 17.9. The molecule has 1 atom stereocenters. The van der Waals surface area contributed by atoms with E-state index in [9.17, 15) is 18.0 Å². The number of carbonyl (C=O) groups is 1. The van der Waals surface area contributed by atoms with Crippen LogP contribution in [0.3, 0.4) is 0 Å². The first-order valence-corrected chi connectivity index (χ1v) is 10.4. The molecule has 1 fully saturated rings. The summed E-state index contributed by atoms with van der Waals surface area (Å²) in [5, 5.41) is 6.21. The smallest absolute Gasteiger partial charge is 0.406 e. The van der Waals surface area contributed by atoms with Gasteiger partial charge in [0.15, 0.2) is 11.4 Å². The van der Waals surface area contributed by atoms with Crippen molar-refractivity contribution in [1.82, 2.24) is 10.2 Å². The molecule has 2 heterocycles. The van der Waals surface area contributed by atoms with E-state index in [1.807, 2.05) is 24.3 Å². The molecule has 0 saturated carbocycles. The number of ether oxygens (including phenoxy) is 2. The third-order valence-corrected chi connectivity index (χ3v) is 5.38. The fourth-order valence-corrected chi connectivity index (χ4v) is 3.83. The van der Waals surface area contributed by atoms with Crippen LogP contribution in [0, 0.1) is 0 Å². The largest absolute Gasteiger partial charge is 0.573 e. The molecule has 1 unspecified atom stereocenters. The van der Waals surface area contributed by atoms with E-state index in [0.29, 0.717) is 43.4 Å². The summed E-state index contributed by atoms with van der Waals surface area (Å²) in [4.78, 5) is 18.9. The zero-order valence-corrected chi connectivity index (χ0v) is 17.9. The fraction of sp³-hybridized carbons (Fsp3) is 0.304. The van der Waals surface area contributed by atoms with Gasteiger partial charge in [-0.15, -0.1) is 13.2 Å². The van der Waals surface area contributed by atoms with E-state index in [1.165, 1.54) is 31.2 Å². The maximum Gasteiger partial charge on any atom is 0.573 e. The highest BCUT2D eigenvalue weighted by molar-refractivity contribution is 5.94. The third kappa shape index (κ3) is 5.35. The van der Waals surface area contributed by atoms with Crippen LogP contribution in [0.2, 0.25) is 0 Å². The molecule has 7 nitrogen and oxygen atoms in total. The van der Waals surface area contributed by atoms with Crippen molar-refractivity contribution >= 4 is 17.8 Å². The number of hydrogen-bond acceptors (Lipinski definition) is 7. The molecule has 0 aromatic heterocycles. The molecule has 2 aliphatic rings. The van der Waals surface area contributed by atoms with Crippen LogP contribution in [0.15, 0.2) is 65.4 Å². The second-order valence-corrected chi connectivity index (χ2v) is 7.62. The Hall–Kier alpha value is -3.37. The average molecular weight is 460 g/mol. The summed E-state index contributed by atoms with van der Waals surface area (Å²) in [5.41, 5.74) is 1.08. The lowest BCUT2D eigenvalue weighted by molar-refractivity contribution is -0.274. The van der Waals surface area contributed by atoms with E-state index in [-0.39, 0.29) is 11.5 Å². The van der Waals surface area contributed by atoms with Crippen molar-refractivity contribution < 1.29 is 27.4 Å². The Bertz CT molecular complexity index is 1060. The number of carbonyl (C=O) groups excluding carboxylic acids is 1. The maximum atomic E-state index is 12.4. The Morgan fingerprint density at radius 1 is 1.18 bits per heavy atom. The molecule has 2 aliphatic heterocycles. The van der Waals surface area contributed by atoms with E-state index in [0.717, 1.165) is 5.56 Å². The number of rotatable bonds is 6. The number of Topliss-reactive ketones (excluding diaryl/α,β-unsaturated/α-hetero) is 1. The van der Waals surface area contributed by atoms with E-state index < -0.39 is 12.0 Å². The van der Waals surface area contributed by atoms with Crippen LogP contribution < -0.4 is 15.4 Å². The summed E-state index contributed by atoms with van der Waals surface area (Å²) in [5.74, 6) is 0.244.